The van der Waals surface area contributed by atoms with Gasteiger partial charge in [0.1, 0.15) is 0 Å². The lowest BCUT2D eigenvalue weighted by Gasteiger charge is -2.20. The fourth-order valence-electron chi connectivity index (χ4n) is 3.30. The number of Topliss-reactive ketones (excluding diaryl/α,β-unsaturated/α-hetero) is 2. The summed E-state index contributed by atoms with van der Waals surface area (Å²) in [5.74, 6) is 0.661. The molecule has 0 fully saturated rings. The van der Waals surface area contributed by atoms with Crippen LogP contribution in [0.4, 0.5) is 0 Å². The van der Waals surface area contributed by atoms with Crippen LogP contribution in [0.2, 0.25) is 0 Å². The molecule has 0 heterocycles. The highest BCUT2D eigenvalue weighted by Gasteiger charge is 2.27. The van der Waals surface area contributed by atoms with E-state index in [1.807, 2.05) is 0 Å². The van der Waals surface area contributed by atoms with E-state index in [9.17, 15) is 9.59 Å². The van der Waals surface area contributed by atoms with E-state index >= 15 is 0 Å². The molecule has 0 amide bonds. The summed E-state index contributed by atoms with van der Waals surface area (Å²) in [5, 5.41) is 0. The van der Waals surface area contributed by atoms with Crippen LogP contribution in [-0.2, 0) is 9.59 Å². The fraction of sp³-hybridized carbons (Fsp3) is 0.583. The van der Waals surface area contributed by atoms with Crippen molar-refractivity contribution in [3.05, 3.63) is 45.6 Å². The zero-order valence-electron chi connectivity index (χ0n) is 17.8. The van der Waals surface area contributed by atoms with Crippen LogP contribution in [0.1, 0.15) is 87.0 Å². The lowest BCUT2D eigenvalue weighted by molar-refractivity contribution is -0.116. The van der Waals surface area contributed by atoms with E-state index in [2.05, 4.69) is 39.8 Å². The SMILES string of the molecule is CC(C)=CCC/C(C)=C/CC[C@H](C)CCC1=C(C)C(=O)C(C)=C(C)C1=O. The third-order valence-electron chi connectivity index (χ3n) is 5.44. The average molecular weight is 357 g/mol. The second-order valence-electron chi connectivity index (χ2n) is 8.10. The molecule has 1 aliphatic rings. The van der Waals surface area contributed by atoms with Crippen molar-refractivity contribution in [3.63, 3.8) is 0 Å². The average Bonchev–Trinajstić information content (AvgIpc) is 2.58. The van der Waals surface area contributed by atoms with Crippen LogP contribution in [0.25, 0.3) is 0 Å². The van der Waals surface area contributed by atoms with Gasteiger partial charge in [0.15, 0.2) is 11.6 Å². The number of rotatable bonds is 9. The Balaban J connectivity index is 2.47. The molecule has 1 aliphatic carbocycles. The smallest absolute Gasteiger partial charge is 0.185 e. The minimum atomic E-state index is 0.0414. The Morgan fingerprint density at radius 3 is 2.08 bits per heavy atom. The summed E-state index contributed by atoms with van der Waals surface area (Å²) >= 11 is 0. The van der Waals surface area contributed by atoms with Crippen LogP contribution >= 0.6 is 0 Å². The number of ketones is 2. The summed E-state index contributed by atoms with van der Waals surface area (Å²) in [7, 11) is 0. The van der Waals surface area contributed by atoms with Crippen molar-refractivity contribution in [3.8, 4) is 0 Å². The summed E-state index contributed by atoms with van der Waals surface area (Å²) in [6.07, 6.45) is 10.8. The molecule has 1 atom stereocenters. The van der Waals surface area contributed by atoms with Gasteiger partial charge < -0.3 is 0 Å². The number of carbonyl (C=O) groups is 2. The predicted octanol–water partition coefficient (Wildman–Crippen LogP) is 6.68. The number of carbonyl (C=O) groups excluding carboxylic acids is 2. The van der Waals surface area contributed by atoms with Crippen LogP contribution < -0.4 is 0 Å². The molecule has 144 valence electrons. The normalized spacial score (nSPS) is 17.1. The molecule has 0 bridgehead atoms. The zero-order chi connectivity index (χ0) is 19.9. The Morgan fingerprint density at radius 1 is 0.846 bits per heavy atom. The van der Waals surface area contributed by atoms with Gasteiger partial charge in [-0.2, -0.15) is 0 Å². The molecule has 0 aliphatic heterocycles. The first-order valence-electron chi connectivity index (χ1n) is 9.90. The fourth-order valence-corrected chi connectivity index (χ4v) is 3.30. The first kappa shape index (κ1) is 22.3. The van der Waals surface area contributed by atoms with Gasteiger partial charge in [-0.05, 0) is 86.0 Å². The van der Waals surface area contributed by atoms with E-state index < -0.39 is 0 Å². The van der Waals surface area contributed by atoms with Crippen LogP contribution in [-0.4, -0.2) is 11.6 Å². The van der Waals surface area contributed by atoms with Gasteiger partial charge in [-0.15, -0.1) is 0 Å². The Kier molecular flexibility index (Phi) is 8.98. The van der Waals surface area contributed by atoms with Crippen LogP contribution in [0.3, 0.4) is 0 Å². The zero-order valence-corrected chi connectivity index (χ0v) is 17.8. The monoisotopic (exact) mass is 356 g/mol. The standard InChI is InChI=1S/C24H36O2/c1-16(2)10-8-11-17(3)12-9-13-18(4)14-15-22-21(7)23(25)19(5)20(6)24(22)26/h10,12,18H,8-9,11,13-15H2,1-7H3/b17-12+/t18-/m0/s1. The maximum Gasteiger partial charge on any atom is 0.185 e. The van der Waals surface area contributed by atoms with E-state index in [0.29, 0.717) is 29.1 Å². The van der Waals surface area contributed by atoms with E-state index in [1.54, 1.807) is 20.8 Å². The predicted molar refractivity (Wildman–Crippen MR) is 111 cm³/mol. The van der Waals surface area contributed by atoms with Crippen molar-refractivity contribution in [1.29, 1.82) is 0 Å². The molecule has 0 aromatic heterocycles. The van der Waals surface area contributed by atoms with Gasteiger partial charge in [0.2, 0.25) is 0 Å². The van der Waals surface area contributed by atoms with Crippen LogP contribution in [0.15, 0.2) is 45.6 Å². The highest BCUT2D eigenvalue weighted by molar-refractivity contribution is 6.24. The quantitative estimate of drug-likeness (QED) is 0.341. The first-order chi connectivity index (χ1) is 12.1. The third-order valence-corrected chi connectivity index (χ3v) is 5.44. The van der Waals surface area contributed by atoms with Crippen LogP contribution in [0, 0.1) is 5.92 Å². The van der Waals surface area contributed by atoms with Gasteiger partial charge in [-0.1, -0.05) is 30.2 Å². The van der Waals surface area contributed by atoms with Gasteiger partial charge in [-0.25, -0.2) is 0 Å². The highest BCUT2D eigenvalue weighted by atomic mass is 16.1. The topological polar surface area (TPSA) is 34.1 Å². The molecule has 26 heavy (non-hydrogen) atoms. The van der Waals surface area contributed by atoms with Crippen molar-refractivity contribution in [1.82, 2.24) is 0 Å². The molecule has 0 aromatic carbocycles. The van der Waals surface area contributed by atoms with E-state index in [1.165, 1.54) is 11.1 Å². The molecule has 0 saturated carbocycles. The van der Waals surface area contributed by atoms with E-state index in [-0.39, 0.29) is 11.6 Å². The molecule has 0 radical (unpaired) electrons. The lowest BCUT2D eigenvalue weighted by Crippen LogP contribution is -2.21. The third kappa shape index (κ3) is 6.55. The van der Waals surface area contributed by atoms with Gasteiger partial charge in [0, 0.05) is 22.3 Å². The highest BCUT2D eigenvalue weighted by Crippen LogP contribution is 2.28. The summed E-state index contributed by atoms with van der Waals surface area (Å²) in [6, 6.07) is 0. The number of hydrogen-bond donors (Lipinski definition) is 0. The Hall–Kier alpha value is -1.70. The van der Waals surface area contributed by atoms with Crippen molar-refractivity contribution in [2.45, 2.75) is 87.0 Å². The van der Waals surface area contributed by atoms with E-state index in [0.717, 1.165) is 37.7 Å². The minimum absolute atomic E-state index is 0.0414. The van der Waals surface area contributed by atoms with E-state index in [4.69, 9.17) is 0 Å². The van der Waals surface area contributed by atoms with Gasteiger partial charge in [-0.3, -0.25) is 9.59 Å². The summed E-state index contributed by atoms with van der Waals surface area (Å²) < 4.78 is 0. The summed E-state index contributed by atoms with van der Waals surface area (Å²) in [5.41, 5.74) is 5.46. The maximum absolute atomic E-state index is 12.5. The van der Waals surface area contributed by atoms with Crippen molar-refractivity contribution >= 4 is 11.6 Å². The lowest BCUT2D eigenvalue weighted by atomic mass is 9.82. The van der Waals surface area contributed by atoms with Gasteiger partial charge in [0.05, 0.1) is 0 Å². The largest absolute Gasteiger partial charge is 0.289 e. The van der Waals surface area contributed by atoms with Crippen LogP contribution in [0.5, 0.6) is 0 Å². The Bertz CT molecular complexity index is 664. The molecular formula is C24H36O2. The van der Waals surface area contributed by atoms with Gasteiger partial charge in [0.25, 0.3) is 0 Å². The number of allylic oxidation sites excluding steroid dienone is 8. The van der Waals surface area contributed by atoms with Gasteiger partial charge >= 0.3 is 0 Å². The summed E-state index contributed by atoms with van der Waals surface area (Å²) in [6.45, 7) is 14.1. The summed E-state index contributed by atoms with van der Waals surface area (Å²) in [4.78, 5) is 24.7. The molecule has 0 unspecified atom stereocenters. The molecular weight excluding hydrogens is 320 g/mol. The Morgan fingerprint density at radius 2 is 1.46 bits per heavy atom. The molecule has 2 nitrogen and oxygen atoms in total. The molecule has 1 rings (SSSR count). The number of hydrogen-bond acceptors (Lipinski definition) is 2. The molecule has 0 N–H and O–H groups in total. The minimum Gasteiger partial charge on any atom is -0.289 e. The molecule has 2 heteroatoms. The molecule has 0 saturated heterocycles. The second-order valence-corrected chi connectivity index (χ2v) is 8.10. The Labute approximate surface area is 160 Å². The molecule has 0 aromatic rings. The molecule has 0 spiro atoms. The van der Waals surface area contributed by atoms with Crippen molar-refractivity contribution in [2.24, 2.45) is 5.92 Å². The second kappa shape index (κ2) is 10.4. The maximum atomic E-state index is 12.5. The van der Waals surface area contributed by atoms with Crippen molar-refractivity contribution < 1.29 is 9.59 Å². The van der Waals surface area contributed by atoms with Crippen molar-refractivity contribution in [2.75, 3.05) is 0 Å². The first-order valence-corrected chi connectivity index (χ1v) is 9.90.